The largest absolute Gasteiger partial charge is 0.465 e. The molecule has 84 valence electrons. The van der Waals surface area contributed by atoms with Gasteiger partial charge in [0.05, 0.1) is 6.61 Å². The molecule has 16 heavy (non-hydrogen) atoms. The van der Waals surface area contributed by atoms with Crippen molar-refractivity contribution in [3.8, 4) is 11.8 Å². The lowest BCUT2D eigenvalue weighted by Crippen LogP contribution is -2.01. The standard InChI is InChI=1S/C12H10Br2O2/c1-2-16-12(15)5-3-4-9-8-10(13)6-7-11(9)14/h6-8H,2,5H2,1H3. The zero-order chi connectivity index (χ0) is 12.0. The Hall–Kier alpha value is -0.790. The summed E-state index contributed by atoms with van der Waals surface area (Å²) in [6.45, 7) is 2.16. The van der Waals surface area contributed by atoms with Crippen molar-refractivity contribution in [3.63, 3.8) is 0 Å². The Labute approximate surface area is 112 Å². The first-order valence-corrected chi connectivity index (χ1v) is 6.31. The van der Waals surface area contributed by atoms with E-state index in [1.165, 1.54) is 0 Å². The maximum absolute atomic E-state index is 11.0. The van der Waals surface area contributed by atoms with Crippen LogP contribution < -0.4 is 0 Å². The first-order chi connectivity index (χ1) is 7.63. The second-order valence-corrected chi connectivity index (χ2v) is 4.68. The first-order valence-electron chi connectivity index (χ1n) is 4.73. The molecule has 0 N–H and O–H groups in total. The molecule has 0 bridgehead atoms. The third kappa shape index (κ3) is 4.38. The van der Waals surface area contributed by atoms with Crippen LogP contribution in [-0.2, 0) is 9.53 Å². The van der Waals surface area contributed by atoms with Gasteiger partial charge in [0.25, 0.3) is 0 Å². The summed E-state index contributed by atoms with van der Waals surface area (Å²) >= 11 is 6.75. The smallest absolute Gasteiger partial charge is 0.317 e. The van der Waals surface area contributed by atoms with Crippen molar-refractivity contribution < 1.29 is 9.53 Å². The molecule has 0 unspecified atom stereocenters. The Kier molecular flexibility index (Phi) is 5.58. The minimum atomic E-state index is -0.291. The van der Waals surface area contributed by atoms with E-state index in [0.717, 1.165) is 14.5 Å². The molecule has 0 atom stereocenters. The highest BCUT2D eigenvalue weighted by Gasteiger charge is 1.98. The van der Waals surface area contributed by atoms with Crippen molar-refractivity contribution in [2.45, 2.75) is 13.3 Å². The predicted octanol–water partition coefficient (Wildman–Crippen LogP) is 3.52. The lowest BCUT2D eigenvalue weighted by molar-refractivity contribution is -0.141. The summed E-state index contributed by atoms with van der Waals surface area (Å²) in [7, 11) is 0. The quantitative estimate of drug-likeness (QED) is 0.605. The highest BCUT2D eigenvalue weighted by molar-refractivity contribution is 9.11. The van der Waals surface area contributed by atoms with E-state index < -0.39 is 0 Å². The van der Waals surface area contributed by atoms with Gasteiger partial charge in [-0.05, 0) is 41.1 Å². The molecule has 0 aliphatic rings. The monoisotopic (exact) mass is 344 g/mol. The number of carbonyl (C=O) groups is 1. The number of hydrogen-bond donors (Lipinski definition) is 0. The molecule has 1 aromatic carbocycles. The molecular formula is C12H10Br2O2. The molecule has 0 aliphatic heterocycles. The van der Waals surface area contributed by atoms with E-state index >= 15 is 0 Å². The maximum atomic E-state index is 11.0. The lowest BCUT2D eigenvalue weighted by atomic mass is 10.2. The van der Waals surface area contributed by atoms with Gasteiger partial charge in [0, 0.05) is 14.5 Å². The average molecular weight is 346 g/mol. The molecule has 1 rings (SSSR count). The second-order valence-electron chi connectivity index (χ2n) is 2.91. The van der Waals surface area contributed by atoms with Gasteiger partial charge in [-0.3, -0.25) is 4.79 Å². The number of rotatable bonds is 2. The summed E-state index contributed by atoms with van der Waals surface area (Å²) in [5.41, 5.74) is 0.846. The molecule has 0 aromatic heterocycles. The van der Waals surface area contributed by atoms with Gasteiger partial charge in [-0.25, -0.2) is 0 Å². The first kappa shape index (κ1) is 13.3. The van der Waals surface area contributed by atoms with E-state index in [9.17, 15) is 4.79 Å². The average Bonchev–Trinajstić information content (AvgIpc) is 2.23. The Morgan fingerprint density at radius 2 is 2.19 bits per heavy atom. The molecule has 0 spiro atoms. The highest BCUT2D eigenvalue weighted by Crippen LogP contribution is 2.20. The minimum Gasteiger partial charge on any atom is -0.465 e. The van der Waals surface area contributed by atoms with Gasteiger partial charge in [0.15, 0.2) is 0 Å². The molecule has 4 heteroatoms. The molecule has 0 amide bonds. The molecule has 0 fully saturated rings. The zero-order valence-corrected chi connectivity index (χ0v) is 11.9. The van der Waals surface area contributed by atoms with Crippen LogP contribution in [0, 0.1) is 11.8 Å². The van der Waals surface area contributed by atoms with Crippen molar-refractivity contribution in [1.82, 2.24) is 0 Å². The molecular weight excluding hydrogens is 336 g/mol. The topological polar surface area (TPSA) is 26.3 Å². The van der Waals surface area contributed by atoms with Crippen LogP contribution in [0.3, 0.4) is 0 Å². The SMILES string of the molecule is CCOC(=O)CC#Cc1cc(Br)ccc1Br. The number of benzene rings is 1. The summed E-state index contributed by atoms with van der Waals surface area (Å²) in [5, 5.41) is 0. The van der Waals surface area contributed by atoms with Gasteiger partial charge < -0.3 is 4.74 Å². The highest BCUT2D eigenvalue weighted by atomic mass is 79.9. The van der Waals surface area contributed by atoms with Crippen molar-refractivity contribution in [2.75, 3.05) is 6.61 Å². The van der Waals surface area contributed by atoms with Crippen LogP contribution in [0.2, 0.25) is 0 Å². The molecule has 0 saturated heterocycles. The number of esters is 1. The lowest BCUT2D eigenvalue weighted by Gasteiger charge is -1.97. The second kappa shape index (κ2) is 6.72. The van der Waals surface area contributed by atoms with Crippen LogP contribution in [0.15, 0.2) is 27.1 Å². The van der Waals surface area contributed by atoms with Gasteiger partial charge in [-0.1, -0.05) is 27.8 Å². The van der Waals surface area contributed by atoms with Crippen LogP contribution in [0.1, 0.15) is 18.9 Å². The molecule has 1 aromatic rings. The Morgan fingerprint density at radius 1 is 1.44 bits per heavy atom. The normalized spacial score (nSPS) is 9.19. The number of hydrogen-bond acceptors (Lipinski definition) is 2. The van der Waals surface area contributed by atoms with E-state index in [2.05, 4.69) is 43.7 Å². The summed E-state index contributed by atoms with van der Waals surface area (Å²) < 4.78 is 6.64. The number of halogens is 2. The van der Waals surface area contributed by atoms with Gasteiger partial charge in [-0.15, -0.1) is 0 Å². The molecule has 0 heterocycles. The van der Waals surface area contributed by atoms with Gasteiger partial charge in [-0.2, -0.15) is 0 Å². The number of ether oxygens (including phenoxy) is 1. The van der Waals surface area contributed by atoms with Crippen molar-refractivity contribution in [1.29, 1.82) is 0 Å². The molecule has 0 aliphatic carbocycles. The summed E-state index contributed by atoms with van der Waals surface area (Å²) in [6, 6.07) is 5.71. The molecule has 0 saturated carbocycles. The Balaban J connectivity index is 2.69. The van der Waals surface area contributed by atoms with Crippen LogP contribution in [-0.4, -0.2) is 12.6 Å². The van der Waals surface area contributed by atoms with E-state index in [-0.39, 0.29) is 12.4 Å². The Bertz CT molecular complexity index is 444. The third-order valence-corrected chi connectivity index (χ3v) is 2.87. The van der Waals surface area contributed by atoms with Crippen LogP contribution >= 0.6 is 31.9 Å². The fraction of sp³-hybridized carbons (Fsp3) is 0.250. The van der Waals surface area contributed by atoms with Crippen molar-refractivity contribution in [3.05, 3.63) is 32.7 Å². The summed E-state index contributed by atoms with van der Waals surface area (Å²) in [6.07, 6.45) is 0.118. The van der Waals surface area contributed by atoms with Crippen LogP contribution in [0.25, 0.3) is 0 Å². The van der Waals surface area contributed by atoms with Crippen molar-refractivity contribution >= 4 is 37.8 Å². The zero-order valence-electron chi connectivity index (χ0n) is 8.72. The van der Waals surface area contributed by atoms with Crippen molar-refractivity contribution in [2.24, 2.45) is 0 Å². The van der Waals surface area contributed by atoms with E-state index in [1.807, 2.05) is 18.2 Å². The summed E-state index contributed by atoms with van der Waals surface area (Å²) in [4.78, 5) is 11.0. The van der Waals surface area contributed by atoms with Crippen LogP contribution in [0.5, 0.6) is 0 Å². The van der Waals surface area contributed by atoms with Crippen LogP contribution in [0.4, 0.5) is 0 Å². The summed E-state index contributed by atoms with van der Waals surface area (Å²) in [5.74, 6) is 5.40. The minimum absolute atomic E-state index is 0.118. The van der Waals surface area contributed by atoms with E-state index in [1.54, 1.807) is 6.92 Å². The fourth-order valence-electron chi connectivity index (χ4n) is 1.02. The molecule has 0 radical (unpaired) electrons. The van der Waals surface area contributed by atoms with E-state index in [4.69, 9.17) is 4.74 Å². The maximum Gasteiger partial charge on any atom is 0.317 e. The Morgan fingerprint density at radius 3 is 2.88 bits per heavy atom. The third-order valence-electron chi connectivity index (χ3n) is 1.69. The van der Waals surface area contributed by atoms with Gasteiger partial charge in [0.1, 0.15) is 6.42 Å². The van der Waals surface area contributed by atoms with Gasteiger partial charge >= 0.3 is 5.97 Å². The predicted molar refractivity (Wildman–Crippen MR) is 70.0 cm³/mol. The number of carbonyl (C=O) groups excluding carboxylic acids is 1. The van der Waals surface area contributed by atoms with Gasteiger partial charge in [0.2, 0.25) is 0 Å². The van der Waals surface area contributed by atoms with E-state index in [0.29, 0.717) is 6.61 Å². The fourth-order valence-corrected chi connectivity index (χ4v) is 1.72. The molecule has 2 nitrogen and oxygen atoms in total.